The van der Waals surface area contributed by atoms with E-state index in [9.17, 15) is 10.1 Å². The average Bonchev–Trinajstić information content (AvgIpc) is 2.45. The summed E-state index contributed by atoms with van der Waals surface area (Å²) in [4.78, 5) is 19.1. The number of nitrogens with zero attached hydrogens (tertiary/aromatic N) is 3. The Bertz CT molecular complexity index is 738. The van der Waals surface area contributed by atoms with Gasteiger partial charge in [0.25, 0.3) is 0 Å². The summed E-state index contributed by atoms with van der Waals surface area (Å²) >= 11 is 3.35. The molecule has 2 heterocycles. The van der Waals surface area contributed by atoms with Crippen LogP contribution in [-0.2, 0) is 11.2 Å². The van der Waals surface area contributed by atoms with Gasteiger partial charge in [0.2, 0.25) is 0 Å². The summed E-state index contributed by atoms with van der Waals surface area (Å²) in [6, 6.07) is 5.75. The monoisotopic (exact) mass is 345 g/mol. The van der Waals surface area contributed by atoms with Gasteiger partial charge >= 0.3 is 5.97 Å². The van der Waals surface area contributed by atoms with Gasteiger partial charge in [0.1, 0.15) is 11.8 Å². The fraction of sp³-hybridized carbons (Fsp3) is 0.200. The van der Waals surface area contributed by atoms with Gasteiger partial charge in [-0.15, -0.1) is 0 Å². The molecule has 1 N–H and O–H groups in total. The molecule has 2 aromatic heterocycles. The van der Waals surface area contributed by atoms with E-state index in [2.05, 4.69) is 25.9 Å². The van der Waals surface area contributed by atoms with Gasteiger partial charge < -0.3 is 5.11 Å². The molecule has 0 bridgehead atoms. The minimum atomic E-state index is -0.862. The van der Waals surface area contributed by atoms with Gasteiger partial charge in [0.15, 0.2) is 0 Å². The maximum Gasteiger partial charge on any atom is 0.303 e. The Morgan fingerprint density at radius 1 is 1.38 bits per heavy atom. The molecule has 2 aromatic rings. The molecule has 0 saturated carbocycles. The second-order valence-corrected chi connectivity index (χ2v) is 5.48. The van der Waals surface area contributed by atoms with Crippen molar-refractivity contribution in [2.75, 3.05) is 0 Å². The van der Waals surface area contributed by atoms with Crippen molar-refractivity contribution in [1.82, 2.24) is 9.97 Å². The lowest BCUT2D eigenvalue weighted by atomic mass is 10.0. The van der Waals surface area contributed by atoms with Crippen molar-refractivity contribution in [3.05, 3.63) is 45.8 Å². The predicted molar refractivity (Wildman–Crippen MR) is 80.6 cm³/mol. The highest BCUT2D eigenvalue weighted by Crippen LogP contribution is 2.26. The summed E-state index contributed by atoms with van der Waals surface area (Å²) in [6.45, 7) is 1.90. The van der Waals surface area contributed by atoms with E-state index >= 15 is 0 Å². The number of carboxylic acids is 1. The molecule has 0 fully saturated rings. The van der Waals surface area contributed by atoms with Crippen molar-refractivity contribution in [1.29, 1.82) is 5.26 Å². The molecule has 21 heavy (non-hydrogen) atoms. The molecule has 0 aliphatic rings. The first-order chi connectivity index (χ1) is 10.0. The maximum atomic E-state index is 10.7. The van der Waals surface area contributed by atoms with E-state index in [-0.39, 0.29) is 12.1 Å². The van der Waals surface area contributed by atoms with Crippen LogP contribution in [0.15, 0.2) is 29.0 Å². The number of hydrogen-bond donors (Lipinski definition) is 1. The normalized spacial score (nSPS) is 10.1. The van der Waals surface area contributed by atoms with Crippen LogP contribution in [0, 0.1) is 18.3 Å². The molecule has 0 saturated heterocycles. The third kappa shape index (κ3) is 3.64. The molecule has 106 valence electrons. The van der Waals surface area contributed by atoms with Crippen molar-refractivity contribution >= 4 is 21.9 Å². The van der Waals surface area contributed by atoms with E-state index in [1.807, 2.05) is 19.1 Å². The summed E-state index contributed by atoms with van der Waals surface area (Å²) in [5, 5.41) is 17.9. The van der Waals surface area contributed by atoms with Gasteiger partial charge in [0.05, 0.1) is 5.69 Å². The molecular weight excluding hydrogens is 334 g/mol. The fourth-order valence-electron chi connectivity index (χ4n) is 1.99. The zero-order chi connectivity index (χ0) is 15.4. The number of aryl methyl sites for hydroxylation is 2. The third-order valence-electron chi connectivity index (χ3n) is 2.98. The summed E-state index contributed by atoms with van der Waals surface area (Å²) in [6.07, 6.45) is 3.60. The zero-order valence-electron chi connectivity index (χ0n) is 11.3. The van der Waals surface area contributed by atoms with Gasteiger partial charge in [-0.05, 0) is 52.5 Å². The van der Waals surface area contributed by atoms with Crippen molar-refractivity contribution in [3.8, 4) is 17.3 Å². The molecular formula is C15H12BrN3O2. The highest BCUT2D eigenvalue weighted by atomic mass is 79.9. The quantitative estimate of drug-likeness (QED) is 0.919. The molecule has 0 amide bonds. The number of halogens is 1. The van der Waals surface area contributed by atoms with Crippen LogP contribution in [0.2, 0.25) is 0 Å². The Labute approximate surface area is 130 Å². The Hall–Kier alpha value is -2.26. The van der Waals surface area contributed by atoms with Crippen LogP contribution in [0.4, 0.5) is 0 Å². The molecule has 5 nitrogen and oxygen atoms in total. The number of hydrogen-bond acceptors (Lipinski definition) is 4. The lowest BCUT2D eigenvalue weighted by molar-refractivity contribution is -0.136. The number of carbonyl (C=O) groups is 1. The lowest BCUT2D eigenvalue weighted by Gasteiger charge is -2.09. The van der Waals surface area contributed by atoms with E-state index < -0.39 is 5.97 Å². The Kier molecular flexibility index (Phi) is 4.66. The van der Waals surface area contributed by atoms with Crippen molar-refractivity contribution in [2.24, 2.45) is 0 Å². The minimum Gasteiger partial charge on any atom is -0.481 e. The molecule has 0 spiro atoms. The summed E-state index contributed by atoms with van der Waals surface area (Å²) in [5.74, 6) is -0.862. The smallest absolute Gasteiger partial charge is 0.303 e. The SMILES string of the molecule is Cc1cc(Br)cnc1-c1cc(CCC(=O)O)cnc1C#N. The van der Waals surface area contributed by atoms with Gasteiger partial charge in [-0.25, -0.2) is 4.98 Å². The van der Waals surface area contributed by atoms with Crippen LogP contribution in [-0.4, -0.2) is 21.0 Å². The first-order valence-corrected chi connectivity index (χ1v) is 7.04. The third-order valence-corrected chi connectivity index (χ3v) is 3.41. The van der Waals surface area contributed by atoms with E-state index in [0.29, 0.717) is 17.7 Å². The molecule has 6 heteroatoms. The first-order valence-electron chi connectivity index (χ1n) is 6.24. The standard InChI is InChI=1S/C15H12BrN3O2/c1-9-4-11(16)8-19-15(9)12-5-10(2-3-14(20)21)7-18-13(12)6-17/h4-5,7-8H,2-3H2,1H3,(H,20,21). The van der Waals surface area contributed by atoms with E-state index in [1.54, 1.807) is 18.5 Å². The van der Waals surface area contributed by atoms with Crippen molar-refractivity contribution in [2.45, 2.75) is 19.8 Å². The van der Waals surface area contributed by atoms with Gasteiger partial charge in [0, 0.05) is 28.9 Å². The minimum absolute atomic E-state index is 0.0275. The van der Waals surface area contributed by atoms with Crippen LogP contribution >= 0.6 is 15.9 Å². The predicted octanol–water partition coefficient (Wildman–Crippen LogP) is 3.10. The number of aliphatic carboxylic acids is 1. The summed E-state index contributed by atoms with van der Waals surface area (Å²) in [5.41, 5.74) is 3.28. The fourth-order valence-corrected chi connectivity index (χ4v) is 2.43. The molecule has 0 aliphatic carbocycles. The average molecular weight is 346 g/mol. The first kappa shape index (κ1) is 15.1. The van der Waals surface area contributed by atoms with Gasteiger partial charge in [-0.3, -0.25) is 9.78 Å². The second-order valence-electron chi connectivity index (χ2n) is 4.56. The second kappa shape index (κ2) is 6.46. The molecule has 0 atom stereocenters. The summed E-state index contributed by atoms with van der Waals surface area (Å²) < 4.78 is 0.859. The topological polar surface area (TPSA) is 86.9 Å². The van der Waals surface area contributed by atoms with Crippen LogP contribution in [0.25, 0.3) is 11.3 Å². The summed E-state index contributed by atoms with van der Waals surface area (Å²) in [7, 11) is 0. The molecule has 0 aliphatic heterocycles. The maximum absolute atomic E-state index is 10.7. The zero-order valence-corrected chi connectivity index (χ0v) is 12.9. The highest BCUT2D eigenvalue weighted by Gasteiger charge is 2.12. The number of aromatic nitrogens is 2. The van der Waals surface area contributed by atoms with Crippen LogP contribution in [0.3, 0.4) is 0 Å². The van der Waals surface area contributed by atoms with Crippen LogP contribution in [0.1, 0.15) is 23.2 Å². The highest BCUT2D eigenvalue weighted by molar-refractivity contribution is 9.10. The Balaban J connectivity index is 2.47. The Morgan fingerprint density at radius 3 is 2.76 bits per heavy atom. The van der Waals surface area contributed by atoms with Gasteiger partial charge in [-0.1, -0.05) is 0 Å². The number of nitriles is 1. The molecule has 0 aromatic carbocycles. The van der Waals surface area contributed by atoms with E-state index in [4.69, 9.17) is 5.11 Å². The van der Waals surface area contributed by atoms with E-state index in [0.717, 1.165) is 15.6 Å². The van der Waals surface area contributed by atoms with Crippen LogP contribution in [0.5, 0.6) is 0 Å². The van der Waals surface area contributed by atoms with Crippen molar-refractivity contribution < 1.29 is 9.90 Å². The van der Waals surface area contributed by atoms with E-state index in [1.165, 1.54) is 0 Å². The van der Waals surface area contributed by atoms with Crippen molar-refractivity contribution in [3.63, 3.8) is 0 Å². The lowest BCUT2D eigenvalue weighted by Crippen LogP contribution is -2.00. The largest absolute Gasteiger partial charge is 0.481 e. The van der Waals surface area contributed by atoms with Crippen LogP contribution < -0.4 is 0 Å². The molecule has 0 radical (unpaired) electrons. The van der Waals surface area contributed by atoms with Gasteiger partial charge in [-0.2, -0.15) is 5.26 Å². The number of carboxylic acid groups (broad SMARTS) is 1. The molecule has 2 rings (SSSR count). The molecule has 0 unspecified atom stereocenters. The number of rotatable bonds is 4. The number of pyridine rings is 2. The Morgan fingerprint density at radius 2 is 2.14 bits per heavy atom.